The second-order valence-corrected chi connectivity index (χ2v) is 7.14. The van der Waals surface area contributed by atoms with Gasteiger partial charge in [0, 0.05) is 0 Å². The van der Waals surface area contributed by atoms with Crippen LogP contribution in [0.25, 0.3) is 0 Å². The van der Waals surface area contributed by atoms with Crippen LogP contribution in [0.4, 0.5) is 0 Å². The minimum absolute atomic E-state index is 0.243. The number of rotatable bonds is 4. The van der Waals surface area contributed by atoms with Crippen molar-refractivity contribution in [2.24, 2.45) is 10.3 Å². The fourth-order valence-corrected chi connectivity index (χ4v) is 4.04. The Morgan fingerprint density at radius 2 is 2.19 bits per heavy atom. The number of nitrogens with one attached hydrogen (secondary N) is 1. The van der Waals surface area contributed by atoms with Crippen LogP contribution in [0.1, 0.15) is 31.2 Å². The number of piperidine rings is 1. The van der Waals surface area contributed by atoms with Crippen LogP contribution in [0, 0.1) is 5.92 Å². The van der Waals surface area contributed by atoms with Crippen molar-refractivity contribution in [1.82, 2.24) is 5.32 Å². The topological polar surface area (TPSA) is 67.8 Å². The molecule has 0 aliphatic carbocycles. The fraction of sp³-hybridized carbons (Fsp3) is 0.533. The van der Waals surface area contributed by atoms with Crippen LogP contribution < -0.4 is 5.32 Å². The monoisotopic (exact) mass is 308 g/mol. The highest BCUT2D eigenvalue weighted by molar-refractivity contribution is 7.90. The summed E-state index contributed by atoms with van der Waals surface area (Å²) >= 11 is 0. The van der Waals surface area contributed by atoms with Gasteiger partial charge in [0.1, 0.15) is 4.90 Å². The number of fused-ring (bicyclic) bond motifs is 1. The van der Waals surface area contributed by atoms with Crippen molar-refractivity contribution in [3.63, 3.8) is 0 Å². The van der Waals surface area contributed by atoms with Crippen molar-refractivity contribution in [1.29, 1.82) is 0 Å². The molecule has 2 heterocycles. The van der Waals surface area contributed by atoms with Crippen molar-refractivity contribution in [3.8, 4) is 0 Å². The Bertz CT molecular complexity index is 634. The minimum Gasteiger partial charge on any atom is -0.477 e. The molecule has 1 saturated heterocycles. The highest BCUT2D eigenvalue weighted by Gasteiger charge is 2.29. The van der Waals surface area contributed by atoms with E-state index in [4.69, 9.17) is 4.74 Å². The molecule has 1 atom stereocenters. The molecule has 1 aromatic rings. The van der Waals surface area contributed by atoms with Gasteiger partial charge in [0.2, 0.25) is 5.90 Å². The van der Waals surface area contributed by atoms with E-state index in [9.17, 15) is 8.42 Å². The maximum Gasteiger partial charge on any atom is 0.286 e. The molecule has 6 heteroatoms. The summed E-state index contributed by atoms with van der Waals surface area (Å²) in [6.07, 6.45) is 4.54. The first-order valence-electron chi connectivity index (χ1n) is 7.45. The third-order valence-corrected chi connectivity index (χ3v) is 5.31. The molecule has 1 aromatic carbocycles. The lowest BCUT2D eigenvalue weighted by atomic mass is 9.95. The van der Waals surface area contributed by atoms with Gasteiger partial charge in [-0.3, -0.25) is 0 Å². The Kier molecular flexibility index (Phi) is 4.26. The van der Waals surface area contributed by atoms with Gasteiger partial charge in [-0.15, -0.1) is 4.40 Å². The summed E-state index contributed by atoms with van der Waals surface area (Å²) in [6, 6.07) is 6.80. The van der Waals surface area contributed by atoms with Crippen molar-refractivity contribution < 1.29 is 13.2 Å². The summed E-state index contributed by atoms with van der Waals surface area (Å²) in [5.41, 5.74) is 0.580. The Morgan fingerprint density at radius 3 is 3.00 bits per heavy atom. The standard InChI is InChI=1S/C15H20N2O3S/c18-21(19)14-8-2-1-7-13(14)15(17-21)20-10-4-6-12-5-3-9-16-11-12/h1-2,7-8,12,16H,3-6,9-11H2/t12-/m0/s1. The van der Waals surface area contributed by atoms with Crippen LogP contribution in [-0.4, -0.2) is 34.0 Å². The van der Waals surface area contributed by atoms with Crippen molar-refractivity contribution in [2.75, 3.05) is 19.7 Å². The first-order chi connectivity index (χ1) is 10.2. The first kappa shape index (κ1) is 14.5. The van der Waals surface area contributed by atoms with E-state index >= 15 is 0 Å². The van der Waals surface area contributed by atoms with Crippen LogP contribution in [-0.2, 0) is 14.8 Å². The van der Waals surface area contributed by atoms with Crippen LogP contribution >= 0.6 is 0 Å². The van der Waals surface area contributed by atoms with Gasteiger partial charge in [0.15, 0.2) is 0 Å². The summed E-state index contributed by atoms with van der Waals surface area (Å²) in [5.74, 6) is 0.955. The zero-order valence-electron chi connectivity index (χ0n) is 11.9. The molecule has 0 unspecified atom stereocenters. The van der Waals surface area contributed by atoms with Crippen molar-refractivity contribution >= 4 is 15.9 Å². The highest BCUT2D eigenvalue weighted by atomic mass is 32.2. The third-order valence-electron chi connectivity index (χ3n) is 3.99. The zero-order valence-corrected chi connectivity index (χ0v) is 12.7. The van der Waals surface area contributed by atoms with Gasteiger partial charge in [-0.25, -0.2) is 0 Å². The van der Waals surface area contributed by atoms with E-state index in [1.807, 2.05) is 0 Å². The molecule has 2 aliphatic rings. The number of hydrogen-bond acceptors (Lipinski definition) is 4. The van der Waals surface area contributed by atoms with Gasteiger partial charge in [-0.1, -0.05) is 12.1 Å². The van der Waals surface area contributed by atoms with E-state index in [-0.39, 0.29) is 10.8 Å². The molecule has 21 heavy (non-hydrogen) atoms. The molecule has 2 aliphatic heterocycles. The molecular formula is C15H20N2O3S. The van der Waals surface area contributed by atoms with Gasteiger partial charge in [0.05, 0.1) is 12.2 Å². The summed E-state index contributed by atoms with van der Waals surface area (Å²) in [4.78, 5) is 0.247. The van der Waals surface area contributed by atoms with Gasteiger partial charge in [-0.2, -0.15) is 8.42 Å². The Morgan fingerprint density at radius 1 is 1.33 bits per heavy atom. The number of benzene rings is 1. The molecule has 114 valence electrons. The lowest BCUT2D eigenvalue weighted by Gasteiger charge is -2.22. The molecule has 1 fully saturated rings. The lowest BCUT2D eigenvalue weighted by Crippen LogP contribution is -2.29. The van der Waals surface area contributed by atoms with Crippen LogP contribution in [0.15, 0.2) is 33.6 Å². The van der Waals surface area contributed by atoms with Crippen molar-refractivity contribution in [3.05, 3.63) is 29.8 Å². The van der Waals surface area contributed by atoms with Gasteiger partial charge >= 0.3 is 0 Å². The van der Waals surface area contributed by atoms with E-state index < -0.39 is 10.0 Å². The predicted octanol–water partition coefficient (Wildman–Crippen LogP) is 1.93. The maximum atomic E-state index is 11.9. The molecule has 0 saturated carbocycles. The SMILES string of the molecule is O=S1(=O)N=C(OCCC[C@@H]2CCCNC2)c2ccccc21. The Hall–Kier alpha value is -1.40. The van der Waals surface area contributed by atoms with Crippen LogP contribution in [0.5, 0.6) is 0 Å². The number of hydrogen-bond donors (Lipinski definition) is 1. The first-order valence-corrected chi connectivity index (χ1v) is 8.89. The Labute approximate surface area is 125 Å². The minimum atomic E-state index is -3.56. The summed E-state index contributed by atoms with van der Waals surface area (Å²) in [6.45, 7) is 2.72. The molecular weight excluding hydrogens is 288 g/mol. The molecule has 0 spiro atoms. The normalized spacial score (nSPS) is 23.4. The van der Waals surface area contributed by atoms with Crippen LogP contribution in [0.2, 0.25) is 0 Å². The molecule has 1 N–H and O–H groups in total. The molecule has 0 amide bonds. The van der Waals surface area contributed by atoms with E-state index in [0.717, 1.165) is 25.9 Å². The molecule has 5 nitrogen and oxygen atoms in total. The van der Waals surface area contributed by atoms with Gasteiger partial charge in [-0.05, 0) is 56.8 Å². The average Bonchev–Trinajstić information content (AvgIpc) is 2.77. The summed E-state index contributed by atoms with van der Waals surface area (Å²) < 4.78 is 33.1. The molecule has 0 aromatic heterocycles. The fourth-order valence-electron chi connectivity index (χ4n) is 2.89. The quantitative estimate of drug-likeness (QED) is 0.863. The second-order valence-electron chi connectivity index (χ2n) is 5.57. The number of sulfonamides is 1. The number of ether oxygens (including phenoxy) is 1. The predicted molar refractivity (Wildman–Crippen MR) is 80.9 cm³/mol. The van der Waals surface area contributed by atoms with Gasteiger partial charge in [0.25, 0.3) is 10.0 Å². The lowest BCUT2D eigenvalue weighted by molar-refractivity contribution is 0.268. The largest absolute Gasteiger partial charge is 0.477 e. The second kappa shape index (κ2) is 6.15. The zero-order chi connectivity index (χ0) is 14.7. The smallest absolute Gasteiger partial charge is 0.286 e. The van der Waals surface area contributed by atoms with E-state index in [0.29, 0.717) is 18.1 Å². The summed E-state index contributed by atoms with van der Waals surface area (Å²) in [7, 11) is -3.56. The number of nitrogens with zero attached hydrogens (tertiary/aromatic N) is 1. The molecule has 0 bridgehead atoms. The third kappa shape index (κ3) is 3.27. The maximum absolute atomic E-state index is 11.9. The van der Waals surface area contributed by atoms with E-state index in [2.05, 4.69) is 9.71 Å². The van der Waals surface area contributed by atoms with Crippen molar-refractivity contribution in [2.45, 2.75) is 30.6 Å². The van der Waals surface area contributed by atoms with Crippen LogP contribution in [0.3, 0.4) is 0 Å². The molecule has 0 radical (unpaired) electrons. The van der Waals surface area contributed by atoms with Gasteiger partial charge < -0.3 is 10.1 Å². The average molecular weight is 308 g/mol. The highest BCUT2D eigenvalue weighted by Crippen LogP contribution is 2.26. The summed E-state index contributed by atoms with van der Waals surface area (Å²) in [5, 5.41) is 3.40. The van der Waals surface area contributed by atoms with E-state index in [1.165, 1.54) is 12.8 Å². The molecule has 3 rings (SSSR count). The Balaban J connectivity index is 1.54. The van der Waals surface area contributed by atoms with E-state index in [1.54, 1.807) is 24.3 Å².